The number of benzene rings is 1. The maximum absolute atomic E-state index is 12.9. The first kappa shape index (κ1) is 12.3. The molecule has 15 heavy (non-hydrogen) atoms. The van der Waals surface area contributed by atoms with Gasteiger partial charge in [0.2, 0.25) is 0 Å². The normalized spacial score (nSPS) is 14.0. The lowest BCUT2D eigenvalue weighted by atomic mass is 10.0. The summed E-state index contributed by atoms with van der Waals surface area (Å²) in [5.74, 6) is -0.771. The summed E-state index contributed by atoms with van der Waals surface area (Å²) in [4.78, 5) is 0. The van der Waals surface area contributed by atoms with Crippen molar-refractivity contribution in [3.8, 4) is 0 Å². The molecule has 84 valence electrons. The van der Waals surface area contributed by atoms with Crippen molar-refractivity contribution in [2.24, 2.45) is 5.73 Å². The van der Waals surface area contributed by atoms with Crippen molar-refractivity contribution in [2.75, 3.05) is 0 Å². The highest BCUT2D eigenvalue weighted by molar-refractivity contribution is 6.31. The Morgan fingerprint density at radius 3 is 2.47 bits per heavy atom. The summed E-state index contributed by atoms with van der Waals surface area (Å²) >= 11 is 5.49. The number of hydrogen-bond donors (Lipinski definition) is 1. The molecule has 0 radical (unpaired) electrons. The summed E-state index contributed by atoms with van der Waals surface area (Å²) in [6.07, 6.45) is -5.62. The third-order valence-corrected chi connectivity index (χ3v) is 2.23. The monoisotopic (exact) mass is 241 g/mol. The summed E-state index contributed by atoms with van der Waals surface area (Å²) in [6, 6.07) is 2.27. The molecule has 1 atom stereocenters. The Hall–Kier alpha value is -0.810. The van der Waals surface area contributed by atoms with Crippen molar-refractivity contribution >= 4 is 11.6 Å². The van der Waals surface area contributed by atoms with Gasteiger partial charge in [0.1, 0.15) is 5.82 Å². The van der Waals surface area contributed by atoms with Crippen LogP contribution in [0, 0.1) is 5.82 Å². The Morgan fingerprint density at radius 2 is 1.93 bits per heavy atom. The highest BCUT2D eigenvalue weighted by atomic mass is 35.5. The molecule has 0 aliphatic rings. The molecule has 1 aromatic rings. The van der Waals surface area contributed by atoms with Gasteiger partial charge in [-0.1, -0.05) is 23.7 Å². The Morgan fingerprint density at radius 1 is 1.33 bits per heavy atom. The predicted octanol–water partition coefficient (Wildman–Crippen LogP) is 3.43. The smallest absolute Gasteiger partial charge is 0.324 e. The first-order valence-corrected chi connectivity index (χ1v) is 4.45. The minimum absolute atomic E-state index is 0.0333. The van der Waals surface area contributed by atoms with E-state index in [0.717, 1.165) is 6.07 Å². The minimum Gasteiger partial charge on any atom is -0.324 e. The molecule has 0 spiro atoms. The summed E-state index contributed by atoms with van der Waals surface area (Å²) in [6.45, 7) is 0. The lowest BCUT2D eigenvalue weighted by Gasteiger charge is -2.15. The zero-order valence-electron chi connectivity index (χ0n) is 7.48. The van der Waals surface area contributed by atoms with Crippen LogP contribution in [-0.4, -0.2) is 6.18 Å². The van der Waals surface area contributed by atoms with E-state index in [1.165, 1.54) is 12.1 Å². The Balaban J connectivity index is 2.92. The molecule has 0 aliphatic heterocycles. The van der Waals surface area contributed by atoms with Gasteiger partial charge in [-0.25, -0.2) is 4.39 Å². The fourth-order valence-corrected chi connectivity index (χ4v) is 1.43. The second kappa shape index (κ2) is 4.37. The topological polar surface area (TPSA) is 26.0 Å². The quantitative estimate of drug-likeness (QED) is 0.789. The summed E-state index contributed by atoms with van der Waals surface area (Å²) in [5.41, 5.74) is 5.25. The van der Waals surface area contributed by atoms with E-state index in [4.69, 9.17) is 17.3 Å². The van der Waals surface area contributed by atoms with Gasteiger partial charge in [-0.05, 0) is 11.6 Å². The van der Waals surface area contributed by atoms with Gasteiger partial charge < -0.3 is 5.73 Å². The van der Waals surface area contributed by atoms with Crippen molar-refractivity contribution in [1.82, 2.24) is 0 Å². The molecule has 0 amide bonds. The lowest BCUT2D eigenvalue weighted by molar-refractivity contribution is -0.138. The number of halogens is 5. The highest BCUT2D eigenvalue weighted by Crippen LogP contribution is 2.32. The first-order valence-electron chi connectivity index (χ1n) is 4.07. The van der Waals surface area contributed by atoms with Crippen molar-refractivity contribution in [3.05, 3.63) is 34.6 Å². The molecular weight excluding hydrogens is 234 g/mol. The molecule has 0 fully saturated rings. The van der Waals surface area contributed by atoms with Crippen molar-refractivity contribution < 1.29 is 17.6 Å². The van der Waals surface area contributed by atoms with Crippen LogP contribution < -0.4 is 5.73 Å². The zero-order chi connectivity index (χ0) is 11.6. The molecule has 0 bridgehead atoms. The van der Waals surface area contributed by atoms with E-state index in [0.29, 0.717) is 0 Å². The van der Waals surface area contributed by atoms with E-state index in [1.807, 2.05) is 0 Å². The van der Waals surface area contributed by atoms with Crippen LogP contribution in [0.15, 0.2) is 18.2 Å². The SMILES string of the molecule is N[C@@H](CC(F)(F)F)c1cccc(F)c1Cl. The largest absolute Gasteiger partial charge is 0.390 e. The molecule has 1 rings (SSSR count). The summed E-state index contributed by atoms with van der Waals surface area (Å²) in [7, 11) is 0. The van der Waals surface area contributed by atoms with E-state index in [-0.39, 0.29) is 10.6 Å². The van der Waals surface area contributed by atoms with Gasteiger partial charge >= 0.3 is 6.18 Å². The average Bonchev–Trinajstić information content (AvgIpc) is 2.06. The second-order valence-corrected chi connectivity index (χ2v) is 3.45. The molecule has 0 saturated carbocycles. The molecule has 0 saturated heterocycles. The van der Waals surface area contributed by atoms with Crippen LogP contribution in [0.4, 0.5) is 17.6 Å². The Kier molecular flexibility index (Phi) is 3.57. The fraction of sp³-hybridized carbons (Fsp3) is 0.333. The number of nitrogens with two attached hydrogens (primary N) is 1. The third kappa shape index (κ3) is 3.35. The number of alkyl halides is 3. The predicted molar refractivity (Wildman–Crippen MR) is 49.0 cm³/mol. The molecular formula is C9H8ClF4N. The lowest BCUT2D eigenvalue weighted by Crippen LogP contribution is -2.20. The van der Waals surface area contributed by atoms with Gasteiger partial charge in [0.05, 0.1) is 11.4 Å². The third-order valence-electron chi connectivity index (χ3n) is 1.83. The summed E-state index contributed by atoms with van der Waals surface area (Å²) in [5, 5.41) is -0.353. The second-order valence-electron chi connectivity index (χ2n) is 3.07. The van der Waals surface area contributed by atoms with Crippen LogP contribution in [0.2, 0.25) is 5.02 Å². The zero-order valence-corrected chi connectivity index (χ0v) is 8.24. The van der Waals surface area contributed by atoms with Gasteiger partial charge in [0.25, 0.3) is 0 Å². The molecule has 0 unspecified atom stereocenters. The Bertz CT molecular complexity index is 350. The molecule has 6 heteroatoms. The van der Waals surface area contributed by atoms with Crippen LogP contribution in [0.1, 0.15) is 18.0 Å². The van der Waals surface area contributed by atoms with Crippen LogP contribution in [-0.2, 0) is 0 Å². The van der Waals surface area contributed by atoms with E-state index in [9.17, 15) is 17.6 Å². The Labute approximate surface area is 88.8 Å². The van der Waals surface area contributed by atoms with Crippen LogP contribution >= 0.6 is 11.6 Å². The van der Waals surface area contributed by atoms with Gasteiger partial charge in [-0.15, -0.1) is 0 Å². The maximum Gasteiger partial charge on any atom is 0.390 e. The van der Waals surface area contributed by atoms with E-state index < -0.39 is 24.5 Å². The van der Waals surface area contributed by atoms with Crippen LogP contribution in [0.5, 0.6) is 0 Å². The van der Waals surface area contributed by atoms with E-state index in [1.54, 1.807) is 0 Å². The molecule has 1 nitrogen and oxygen atoms in total. The average molecular weight is 242 g/mol. The maximum atomic E-state index is 12.9. The van der Waals surface area contributed by atoms with Gasteiger partial charge in [-0.3, -0.25) is 0 Å². The van der Waals surface area contributed by atoms with Crippen molar-refractivity contribution in [3.63, 3.8) is 0 Å². The van der Waals surface area contributed by atoms with Crippen LogP contribution in [0.25, 0.3) is 0 Å². The molecule has 0 aromatic heterocycles. The van der Waals surface area contributed by atoms with Crippen molar-refractivity contribution in [2.45, 2.75) is 18.6 Å². The van der Waals surface area contributed by atoms with E-state index >= 15 is 0 Å². The summed E-state index contributed by atoms with van der Waals surface area (Å²) < 4.78 is 48.9. The number of rotatable bonds is 2. The van der Waals surface area contributed by atoms with Gasteiger partial charge in [0, 0.05) is 6.04 Å². The molecule has 1 aromatic carbocycles. The minimum atomic E-state index is -4.39. The standard InChI is InChI=1S/C9H8ClF4N/c10-8-5(2-1-3-6(8)11)7(15)4-9(12,13)14/h1-3,7H,4,15H2/t7-/m0/s1. The highest BCUT2D eigenvalue weighted by Gasteiger charge is 2.31. The first-order chi connectivity index (χ1) is 6.81. The molecule has 0 aliphatic carbocycles. The molecule has 0 heterocycles. The number of hydrogen-bond acceptors (Lipinski definition) is 1. The van der Waals surface area contributed by atoms with Crippen molar-refractivity contribution in [1.29, 1.82) is 0 Å². The van der Waals surface area contributed by atoms with E-state index in [2.05, 4.69) is 0 Å². The van der Waals surface area contributed by atoms with Gasteiger partial charge in [0.15, 0.2) is 0 Å². The van der Waals surface area contributed by atoms with Gasteiger partial charge in [-0.2, -0.15) is 13.2 Å². The fourth-order valence-electron chi connectivity index (χ4n) is 1.17. The van der Waals surface area contributed by atoms with Crippen LogP contribution in [0.3, 0.4) is 0 Å². The molecule has 2 N–H and O–H groups in total.